The van der Waals surface area contributed by atoms with E-state index in [1.54, 1.807) is 43.9 Å². The number of nitrogens with one attached hydrogen (secondary N) is 2. The van der Waals surface area contributed by atoms with Crippen molar-refractivity contribution in [1.82, 2.24) is 19.6 Å². The molecule has 0 unspecified atom stereocenters. The summed E-state index contributed by atoms with van der Waals surface area (Å²) < 4.78 is 73.2. The zero-order valence-corrected chi connectivity index (χ0v) is 20.8. The molecule has 0 spiro atoms. The molecule has 0 aliphatic carbocycles. The Labute approximate surface area is 206 Å². The number of hydrogen-bond acceptors (Lipinski definition) is 5. The van der Waals surface area contributed by atoms with Crippen LogP contribution in [0.1, 0.15) is 39.3 Å². The number of alkyl halides is 3. The third kappa shape index (κ3) is 5.81. The van der Waals surface area contributed by atoms with Crippen LogP contribution < -0.4 is 4.72 Å². The lowest BCUT2D eigenvalue weighted by Gasteiger charge is -2.33. The first-order chi connectivity index (χ1) is 16.7. The van der Waals surface area contributed by atoms with Gasteiger partial charge in [0.2, 0.25) is 10.0 Å². The summed E-state index contributed by atoms with van der Waals surface area (Å²) in [7, 11) is -3.84. The molecule has 2 aromatic heterocycles. The molecule has 2 N–H and O–H groups in total. The van der Waals surface area contributed by atoms with E-state index in [-0.39, 0.29) is 22.0 Å². The van der Waals surface area contributed by atoms with E-state index in [0.717, 1.165) is 6.07 Å². The van der Waals surface area contributed by atoms with Crippen LogP contribution in [0, 0.1) is 0 Å². The number of amides is 1. The summed E-state index contributed by atoms with van der Waals surface area (Å²) in [5.41, 5.74) is -0.363. The highest BCUT2D eigenvalue weighted by Crippen LogP contribution is 2.34. The van der Waals surface area contributed by atoms with Crippen LogP contribution in [0.15, 0.2) is 47.5 Å². The van der Waals surface area contributed by atoms with E-state index < -0.39 is 33.6 Å². The molecule has 1 aliphatic heterocycles. The van der Waals surface area contributed by atoms with Gasteiger partial charge < -0.3 is 14.6 Å². The smallest absolute Gasteiger partial charge is 0.431 e. The van der Waals surface area contributed by atoms with Crippen molar-refractivity contribution in [3.05, 3.63) is 48.3 Å². The minimum atomic E-state index is -4.54. The number of likely N-dealkylation sites (tertiary alicyclic amines) is 1. The summed E-state index contributed by atoms with van der Waals surface area (Å²) in [5.74, 6) is 0. The quantitative estimate of drug-likeness (QED) is 0.504. The van der Waals surface area contributed by atoms with Gasteiger partial charge in [-0.2, -0.15) is 13.2 Å². The highest BCUT2D eigenvalue weighted by Gasteiger charge is 2.33. The number of piperidine rings is 1. The second-order valence-electron chi connectivity index (χ2n) is 9.69. The summed E-state index contributed by atoms with van der Waals surface area (Å²) in [5, 5.41) is 0.287. The topological polar surface area (TPSA) is 104 Å². The molecule has 4 rings (SSSR count). The zero-order valence-electron chi connectivity index (χ0n) is 20.0. The number of benzene rings is 1. The number of carbonyl (C=O) groups is 1. The molecule has 0 saturated carbocycles. The molecule has 3 aromatic rings. The maximum atomic E-state index is 13.1. The third-order valence-electron chi connectivity index (χ3n) is 5.78. The van der Waals surface area contributed by atoms with Gasteiger partial charge in [0.1, 0.15) is 16.9 Å². The molecular formula is C24H27F3N4O4S. The molecule has 1 fully saturated rings. The zero-order chi connectivity index (χ0) is 26.3. The second-order valence-corrected chi connectivity index (χ2v) is 11.4. The molecule has 1 amide bonds. The molecule has 1 aromatic carbocycles. The Balaban J connectivity index is 1.45. The van der Waals surface area contributed by atoms with E-state index in [1.165, 1.54) is 18.3 Å². The number of aromatic amines is 1. The molecule has 194 valence electrons. The first-order valence-electron chi connectivity index (χ1n) is 11.4. The monoisotopic (exact) mass is 524 g/mol. The predicted octanol–water partition coefficient (Wildman–Crippen LogP) is 4.93. The minimum Gasteiger partial charge on any atom is -0.444 e. The van der Waals surface area contributed by atoms with E-state index in [4.69, 9.17) is 4.74 Å². The van der Waals surface area contributed by atoms with Crippen molar-refractivity contribution in [2.75, 3.05) is 13.1 Å². The molecular weight excluding hydrogens is 497 g/mol. The number of fused-ring (bicyclic) bond motifs is 1. The fraction of sp³-hybridized carbons (Fsp3) is 0.417. The fourth-order valence-corrected chi connectivity index (χ4v) is 5.34. The number of pyridine rings is 1. The van der Waals surface area contributed by atoms with Gasteiger partial charge in [-0.05, 0) is 69.0 Å². The Morgan fingerprint density at radius 1 is 1.11 bits per heavy atom. The van der Waals surface area contributed by atoms with Gasteiger partial charge in [0.15, 0.2) is 0 Å². The van der Waals surface area contributed by atoms with Gasteiger partial charge in [0, 0.05) is 30.7 Å². The van der Waals surface area contributed by atoms with Crippen molar-refractivity contribution < 1.29 is 31.1 Å². The summed E-state index contributed by atoms with van der Waals surface area (Å²) in [6.07, 6.45) is -2.68. The van der Waals surface area contributed by atoms with Crippen LogP contribution in [-0.2, 0) is 20.9 Å². The SMILES string of the molecule is CC(C)(C)OC(=O)N1CCC(NS(=O)(=O)c2ccc(-c3ccnc4[nH]c(C(F)(F)F)cc34)cc2)CC1. The molecule has 1 saturated heterocycles. The summed E-state index contributed by atoms with van der Waals surface area (Å²) in [4.78, 5) is 20.0. The lowest BCUT2D eigenvalue weighted by Crippen LogP contribution is -2.47. The standard InChI is InChI=1S/C24H27F3N4O4S/c1-23(2,3)35-22(32)31-12-9-16(10-13-31)30-36(33,34)17-6-4-15(5-7-17)18-8-11-28-21-19(18)14-20(29-21)24(25,26)27/h4-8,11,14,16,30H,9-10,12-13H2,1-3H3,(H,28,29). The van der Waals surface area contributed by atoms with E-state index in [1.807, 2.05) is 0 Å². The van der Waals surface area contributed by atoms with E-state index in [2.05, 4.69) is 14.7 Å². The first-order valence-corrected chi connectivity index (χ1v) is 12.9. The van der Waals surface area contributed by atoms with Crippen molar-refractivity contribution >= 4 is 27.1 Å². The van der Waals surface area contributed by atoms with Crippen molar-refractivity contribution in [3.63, 3.8) is 0 Å². The highest BCUT2D eigenvalue weighted by molar-refractivity contribution is 7.89. The molecule has 12 heteroatoms. The van der Waals surface area contributed by atoms with Crippen LogP contribution in [0.4, 0.5) is 18.0 Å². The number of nitrogens with zero attached hydrogens (tertiary/aromatic N) is 2. The van der Waals surface area contributed by atoms with E-state index in [9.17, 15) is 26.4 Å². The van der Waals surface area contributed by atoms with Gasteiger partial charge in [0.25, 0.3) is 0 Å². The minimum absolute atomic E-state index is 0.0381. The van der Waals surface area contributed by atoms with Crippen LogP contribution in [0.25, 0.3) is 22.2 Å². The summed E-state index contributed by atoms with van der Waals surface area (Å²) in [6, 6.07) is 8.16. The Hall–Kier alpha value is -3.12. The van der Waals surface area contributed by atoms with Gasteiger partial charge in [-0.3, -0.25) is 0 Å². The number of hydrogen-bond donors (Lipinski definition) is 2. The normalized spacial score (nSPS) is 15.9. The van der Waals surface area contributed by atoms with Crippen molar-refractivity contribution in [2.24, 2.45) is 0 Å². The molecule has 1 aliphatic rings. The van der Waals surface area contributed by atoms with Gasteiger partial charge in [-0.1, -0.05) is 12.1 Å². The number of rotatable bonds is 4. The van der Waals surface area contributed by atoms with E-state index in [0.29, 0.717) is 37.1 Å². The van der Waals surface area contributed by atoms with Crippen LogP contribution in [0.2, 0.25) is 0 Å². The van der Waals surface area contributed by atoms with Gasteiger partial charge in [-0.15, -0.1) is 0 Å². The maximum absolute atomic E-state index is 13.1. The van der Waals surface area contributed by atoms with Crippen molar-refractivity contribution in [2.45, 2.75) is 56.3 Å². The molecule has 36 heavy (non-hydrogen) atoms. The number of H-pyrrole nitrogens is 1. The molecule has 8 nitrogen and oxygen atoms in total. The van der Waals surface area contributed by atoms with Gasteiger partial charge in [-0.25, -0.2) is 22.9 Å². The van der Waals surface area contributed by atoms with Crippen LogP contribution in [-0.4, -0.2) is 54.1 Å². The maximum Gasteiger partial charge on any atom is 0.431 e. The number of sulfonamides is 1. The predicted molar refractivity (Wildman–Crippen MR) is 128 cm³/mol. The Morgan fingerprint density at radius 2 is 1.75 bits per heavy atom. The largest absolute Gasteiger partial charge is 0.444 e. The van der Waals surface area contributed by atoms with Crippen LogP contribution in [0.3, 0.4) is 0 Å². The summed E-state index contributed by atoms with van der Waals surface area (Å²) in [6.45, 7) is 6.09. The Morgan fingerprint density at radius 3 is 2.33 bits per heavy atom. The second kappa shape index (κ2) is 9.40. The number of halogens is 3. The van der Waals surface area contributed by atoms with Crippen LogP contribution in [0.5, 0.6) is 0 Å². The molecule has 0 radical (unpaired) electrons. The Kier molecular flexibility index (Phi) is 6.78. The molecule has 3 heterocycles. The van der Waals surface area contributed by atoms with Crippen molar-refractivity contribution in [1.29, 1.82) is 0 Å². The summed E-state index contributed by atoms with van der Waals surface area (Å²) >= 11 is 0. The fourth-order valence-electron chi connectivity index (χ4n) is 4.04. The third-order valence-corrected chi connectivity index (χ3v) is 7.32. The lowest BCUT2D eigenvalue weighted by molar-refractivity contribution is -0.140. The number of aromatic nitrogens is 2. The average molecular weight is 525 g/mol. The van der Waals surface area contributed by atoms with Crippen molar-refractivity contribution in [3.8, 4) is 11.1 Å². The highest BCUT2D eigenvalue weighted by atomic mass is 32.2. The van der Waals surface area contributed by atoms with Gasteiger partial charge >= 0.3 is 12.3 Å². The molecule has 0 atom stereocenters. The number of carbonyl (C=O) groups excluding carboxylic acids is 1. The Bertz CT molecular complexity index is 1350. The van der Waals surface area contributed by atoms with E-state index >= 15 is 0 Å². The lowest BCUT2D eigenvalue weighted by atomic mass is 10.0. The average Bonchev–Trinajstić information content (AvgIpc) is 3.23. The number of ether oxygens (including phenoxy) is 1. The first kappa shape index (κ1) is 26.0. The van der Waals surface area contributed by atoms with Crippen LogP contribution >= 0.6 is 0 Å². The molecule has 0 bridgehead atoms. The van der Waals surface area contributed by atoms with Gasteiger partial charge in [0.05, 0.1) is 4.90 Å².